The summed E-state index contributed by atoms with van der Waals surface area (Å²) in [5.74, 6) is -0.926. The van der Waals surface area contributed by atoms with Crippen LogP contribution in [0.4, 0.5) is 23.2 Å². The topological polar surface area (TPSA) is 87.3 Å². The van der Waals surface area contributed by atoms with Crippen LogP contribution in [0.15, 0.2) is 35.1 Å². The van der Waals surface area contributed by atoms with Gasteiger partial charge in [-0.05, 0) is 56.2 Å². The van der Waals surface area contributed by atoms with Crippen molar-refractivity contribution in [3.05, 3.63) is 69.0 Å². The molecule has 1 amide bonds. The fourth-order valence-corrected chi connectivity index (χ4v) is 4.39. The van der Waals surface area contributed by atoms with Crippen molar-refractivity contribution < 1.29 is 27.1 Å². The third kappa shape index (κ3) is 5.20. The molecule has 2 N–H and O–H groups in total. The quantitative estimate of drug-likeness (QED) is 0.485. The van der Waals surface area contributed by atoms with Crippen LogP contribution >= 0.6 is 0 Å². The van der Waals surface area contributed by atoms with E-state index in [1.807, 2.05) is 6.92 Å². The fraction of sp³-hybridized carbons (Fsp3) is 0.400. The van der Waals surface area contributed by atoms with Gasteiger partial charge in [-0.1, -0.05) is 6.92 Å². The van der Waals surface area contributed by atoms with Gasteiger partial charge in [-0.3, -0.25) is 9.59 Å². The Morgan fingerprint density at radius 2 is 2.06 bits per heavy atom. The molecule has 1 fully saturated rings. The van der Waals surface area contributed by atoms with Gasteiger partial charge in [-0.2, -0.15) is 13.2 Å². The van der Waals surface area contributed by atoms with Crippen molar-refractivity contribution in [3.8, 4) is 0 Å². The van der Waals surface area contributed by atoms with E-state index in [4.69, 9.17) is 4.74 Å². The highest BCUT2D eigenvalue weighted by atomic mass is 19.4. The summed E-state index contributed by atoms with van der Waals surface area (Å²) in [4.78, 5) is 33.2. The molecule has 0 aliphatic carbocycles. The minimum absolute atomic E-state index is 0.00464. The summed E-state index contributed by atoms with van der Waals surface area (Å²) >= 11 is 0. The molecular formula is C25H26F4N4O3. The number of rotatable bonds is 5. The van der Waals surface area contributed by atoms with Crippen LogP contribution in [0, 0.1) is 12.7 Å². The van der Waals surface area contributed by atoms with Crippen LogP contribution in [0.2, 0.25) is 0 Å². The Morgan fingerprint density at radius 1 is 1.31 bits per heavy atom. The first-order chi connectivity index (χ1) is 17.0. The van der Waals surface area contributed by atoms with Crippen molar-refractivity contribution in [2.45, 2.75) is 45.5 Å². The van der Waals surface area contributed by atoms with Crippen molar-refractivity contribution in [1.82, 2.24) is 14.9 Å². The van der Waals surface area contributed by atoms with Gasteiger partial charge < -0.3 is 19.9 Å². The number of hydrogen-bond acceptors (Lipinski definition) is 5. The number of morpholine rings is 1. The van der Waals surface area contributed by atoms with E-state index in [9.17, 15) is 22.8 Å². The summed E-state index contributed by atoms with van der Waals surface area (Å²) < 4.78 is 62.4. The van der Waals surface area contributed by atoms with Crippen LogP contribution < -0.4 is 10.9 Å². The molecule has 36 heavy (non-hydrogen) atoms. The molecule has 7 nitrogen and oxygen atoms in total. The Labute approximate surface area is 204 Å². The zero-order chi connectivity index (χ0) is 26.2. The van der Waals surface area contributed by atoms with Gasteiger partial charge in [0.25, 0.3) is 11.5 Å². The van der Waals surface area contributed by atoms with Crippen LogP contribution in [-0.4, -0.2) is 46.6 Å². The van der Waals surface area contributed by atoms with Gasteiger partial charge in [-0.25, -0.2) is 9.37 Å². The number of amides is 1. The maximum absolute atomic E-state index is 15.0. The van der Waals surface area contributed by atoms with Crippen LogP contribution in [0.3, 0.4) is 0 Å². The minimum Gasteiger partial charge on any atom is -0.376 e. The molecule has 0 unspecified atom stereocenters. The molecule has 4 rings (SSSR count). The molecule has 2 heterocycles. The Bertz CT molecular complexity index is 1360. The lowest BCUT2D eigenvalue weighted by atomic mass is 9.95. The van der Waals surface area contributed by atoms with E-state index in [2.05, 4.69) is 15.3 Å². The molecule has 1 aliphatic rings. The molecule has 1 aliphatic heterocycles. The molecule has 1 aromatic heterocycles. The van der Waals surface area contributed by atoms with Gasteiger partial charge >= 0.3 is 6.18 Å². The average Bonchev–Trinajstić information content (AvgIpc) is 2.81. The number of fused-ring (bicyclic) bond motifs is 1. The monoisotopic (exact) mass is 506 g/mol. The summed E-state index contributed by atoms with van der Waals surface area (Å²) in [6.07, 6.45) is -4.69. The second kappa shape index (κ2) is 9.88. The minimum atomic E-state index is -4.72. The number of halogens is 4. The van der Waals surface area contributed by atoms with Crippen molar-refractivity contribution in [3.63, 3.8) is 0 Å². The van der Waals surface area contributed by atoms with Crippen molar-refractivity contribution in [2.75, 3.05) is 25.0 Å². The lowest BCUT2D eigenvalue weighted by Gasteiger charge is -2.31. The first-order valence-corrected chi connectivity index (χ1v) is 11.6. The number of carbonyl (C=O) groups is 1. The lowest BCUT2D eigenvalue weighted by Crippen LogP contribution is -2.44. The summed E-state index contributed by atoms with van der Waals surface area (Å²) in [5, 5.41) is 2.83. The highest BCUT2D eigenvalue weighted by Crippen LogP contribution is 2.38. The number of alkyl halides is 3. The van der Waals surface area contributed by atoms with Crippen LogP contribution in [0.1, 0.15) is 53.6 Å². The Kier molecular flexibility index (Phi) is 7.03. The van der Waals surface area contributed by atoms with Gasteiger partial charge in [0, 0.05) is 18.7 Å². The zero-order valence-corrected chi connectivity index (χ0v) is 20.0. The van der Waals surface area contributed by atoms with Crippen LogP contribution in [0.25, 0.3) is 10.9 Å². The highest BCUT2D eigenvalue weighted by molar-refractivity contribution is 5.94. The van der Waals surface area contributed by atoms with E-state index in [-0.39, 0.29) is 52.0 Å². The van der Waals surface area contributed by atoms with E-state index in [0.717, 1.165) is 18.2 Å². The number of aromatic amines is 1. The number of benzene rings is 2. The SMILES string of the molecule is CC[C@H](Nc1ccc(C(=O)N2CCO[C@H](C)C2)cc1F)c1cc2c(=O)[nH]c(C)nc2cc1C(F)(F)F. The maximum atomic E-state index is 15.0. The number of nitrogens with one attached hydrogen (secondary N) is 2. The predicted octanol–water partition coefficient (Wildman–Crippen LogP) is 4.81. The smallest absolute Gasteiger partial charge is 0.376 e. The van der Waals surface area contributed by atoms with Gasteiger partial charge in [0.2, 0.25) is 0 Å². The predicted molar refractivity (Wildman–Crippen MR) is 126 cm³/mol. The highest BCUT2D eigenvalue weighted by Gasteiger charge is 2.36. The molecule has 11 heteroatoms. The largest absolute Gasteiger partial charge is 0.416 e. The van der Waals surface area contributed by atoms with Gasteiger partial charge in [0.15, 0.2) is 0 Å². The van der Waals surface area contributed by atoms with Gasteiger partial charge in [0.1, 0.15) is 11.6 Å². The van der Waals surface area contributed by atoms with Gasteiger partial charge in [-0.15, -0.1) is 0 Å². The first-order valence-electron chi connectivity index (χ1n) is 11.6. The summed E-state index contributed by atoms with van der Waals surface area (Å²) in [5.41, 5.74) is -1.72. The lowest BCUT2D eigenvalue weighted by molar-refractivity contribution is -0.138. The van der Waals surface area contributed by atoms with E-state index >= 15 is 4.39 Å². The third-order valence-corrected chi connectivity index (χ3v) is 6.16. The van der Waals surface area contributed by atoms with E-state index < -0.39 is 29.2 Å². The molecule has 1 saturated heterocycles. The number of anilines is 1. The Hall–Kier alpha value is -3.47. The van der Waals surface area contributed by atoms with Crippen LogP contribution in [0.5, 0.6) is 0 Å². The molecule has 0 spiro atoms. The summed E-state index contributed by atoms with van der Waals surface area (Å²) in [6, 6.07) is 4.87. The Balaban J connectivity index is 1.68. The third-order valence-electron chi connectivity index (χ3n) is 6.16. The zero-order valence-electron chi connectivity index (χ0n) is 20.0. The average molecular weight is 507 g/mol. The van der Waals surface area contributed by atoms with E-state index in [1.54, 1.807) is 11.8 Å². The number of aryl methyl sites for hydroxylation is 1. The number of carbonyl (C=O) groups excluding carboxylic acids is 1. The molecule has 0 radical (unpaired) electrons. The van der Waals surface area contributed by atoms with Crippen LogP contribution in [-0.2, 0) is 10.9 Å². The fourth-order valence-electron chi connectivity index (χ4n) is 4.39. The van der Waals surface area contributed by atoms with E-state index in [0.29, 0.717) is 19.7 Å². The summed E-state index contributed by atoms with van der Waals surface area (Å²) in [7, 11) is 0. The number of hydrogen-bond donors (Lipinski definition) is 2. The molecule has 0 saturated carbocycles. The molecule has 3 aromatic rings. The number of aromatic nitrogens is 2. The van der Waals surface area contributed by atoms with Crippen molar-refractivity contribution in [1.29, 1.82) is 0 Å². The normalized spacial score (nSPS) is 17.3. The number of H-pyrrole nitrogens is 1. The molecule has 0 bridgehead atoms. The molecule has 2 atom stereocenters. The van der Waals surface area contributed by atoms with E-state index in [1.165, 1.54) is 19.1 Å². The Morgan fingerprint density at radius 3 is 2.69 bits per heavy atom. The first kappa shape index (κ1) is 25.6. The second-order valence-electron chi connectivity index (χ2n) is 8.84. The molecule has 192 valence electrons. The second-order valence-corrected chi connectivity index (χ2v) is 8.84. The van der Waals surface area contributed by atoms with Crippen molar-refractivity contribution >= 4 is 22.5 Å². The summed E-state index contributed by atoms with van der Waals surface area (Å²) in [6.45, 7) is 6.13. The molecular weight excluding hydrogens is 480 g/mol. The number of ether oxygens (including phenoxy) is 1. The standard InChI is InChI=1S/C25H26F4N4O3/c1-4-20(16-10-17-22(11-18(16)25(27,28)29)30-14(3)31-23(17)34)32-21-6-5-15(9-19(21)26)24(35)33-7-8-36-13(2)12-33/h5-6,9-11,13,20,32H,4,7-8,12H2,1-3H3,(H,30,31,34)/t13-,20+/m1/s1. The van der Waals surface area contributed by atoms with Gasteiger partial charge in [0.05, 0.1) is 40.9 Å². The maximum Gasteiger partial charge on any atom is 0.416 e. The van der Waals surface area contributed by atoms with Crippen molar-refractivity contribution in [2.24, 2.45) is 0 Å². The molecule has 2 aromatic carbocycles. The number of nitrogens with zero attached hydrogens (tertiary/aromatic N) is 2.